The second kappa shape index (κ2) is 2.10. The van der Waals surface area contributed by atoms with Gasteiger partial charge in [0.05, 0.1) is 5.39 Å². The molecule has 0 fully saturated rings. The number of rotatable bonds is 0. The van der Waals surface area contributed by atoms with Crippen LogP contribution in [0.2, 0.25) is 5.22 Å². The molecular formula is C6H4ClN3O. The molecule has 0 aromatic carbocycles. The van der Waals surface area contributed by atoms with E-state index < -0.39 is 0 Å². The molecule has 0 spiro atoms. The zero-order chi connectivity index (χ0) is 7.84. The molecule has 2 N–H and O–H groups in total. The average Bonchev–Trinajstić information content (AvgIpc) is 2.31. The highest BCUT2D eigenvalue weighted by atomic mass is 35.5. The van der Waals surface area contributed by atoms with Crippen molar-refractivity contribution in [1.82, 2.24) is 9.97 Å². The van der Waals surface area contributed by atoms with E-state index in [1.807, 2.05) is 0 Å². The van der Waals surface area contributed by atoms with Crippen molar-refractivity contribution in [3.8, 4) is 0 Å². The number of fused-ring (bicyclic) bond motifs is 1. The number of halogens is 1. The molecule has 0 saturated carbocycles. The standard InChI is InChI=1S/C6H4ClN3O/c7-4-1-3-5(8)9-2-10-6(3)11-4/h1-2H,(H2,8,9,10). The lowest BCUT2D eigenvalue weighted by molar-refractivity contribution is 0.604. The van der Waals surface area contributed by atoms with Crippen molar-refractivity contribution in [1.29, 1.82) is 0 Å². The summed E-state index contributed by atoms with van der Waals surface area (Å²) in [6.45, 7) is 0. The van der Waals surface area contributed by atoms with E-state index in [0.717, 1.165) is 0 Å². The summed E-state index contributed by atoms with van der Waals surface area (Å²) in [7, 11) is 0. The number of hydrogen-bond acceptors (Lipinski definition) is 4. The lowest BCUT2D eigenvalue weighted by Gasteiger charge is -1.88. The number of nitrogens with two attached hydrogens (primary N) is 1. The molecule has 0 aliphatic heterocycles. The molecule has 2 heterocycles. The summed E-state index contributed by atoms with van der Waals surface area (Å²) in [6, 6.07) is 1.59. The van der Waals surface area contributed by atoms with Gasteiger partial charge in [-0.05, 0) is 11.6 Å². The number of aromatic nitrogens is 2. The van der Waals surface area contributed by atoms with Gasteiger partial charge < -0.3 is 10.2 Å². The number of nitrogen functional groups attached to an aromatic ring is 1. The maximum absolute atomic E-state index is 5.57. The summed E-state index contributed by atoms with van der Waals surface area (Å²) in [5, 5.41) is 0.921. The molecule has 0 aliphatic carbocycles. The summed E-state index contributed by atoms with van der Waals surface area (Å²) >= 11 is 5.57. The van der Waals surface area contributed by atoms with Gasteiger partial charge in [-0.2, -0.15) is 0 Å². The molecule has 11 heavy (non-hydrogen) atoms. The molecule has 2 aromatic rings. The van der Waals surface area contributed by atoms with Gasteiger partial charge in [0.1, 0.15) is 12.1 Å². The van der Waals surface area contributed by atoms with Crippen LogP contribution in [0, 0.1) is 0 Å². The fourth-order valence-corrected chi connectivity index (χ4v) is 1.03. The first kappa shape index (κ1) is 6.42. The zero-order valence-corrected chi connectivity index (χ0v) is 6.17. The molecule has 2 aromatic heterocycles. The van der Waals surface area contributed by atoms with Crippen LogP contribution in [-0.4, -0.2) is 9.97 Å². The third-order valence-corrected chi connectivity index (χ3v) is 1.52. The van der Waals surface area contributed by atoms with Gasteiger partial charge in [-0.3, -0.25) is 0 Å². The van der Waals surface area contributed by atoms with Crippen molar-refractivity contribution < 1.29 is 4.42 Å². The highest BCUT2D eigenvalue weighted by Crippen LogP contribution is 2.23. The van der Waals surface area contributed by atoms with E-state index in [2.05, 4.69) is 9.97 Å². The van der Waals surface area contributed by atoms with Gasteiger partial charge in [-0.25, -0.2) is 9.97 Å². The van der Waals surface area contributed by atoms with Gasteiger partial charge in [0.15, 0.2) is 5.22 Å². The average molecular weight is 170 g/mol. The van der Waals surface area contributed by atoms with E-state index in [1.54, 1.807) is 6.07 Å². The third-order valence-electron chi connectivity index (χ3n) is 1.33. The quantitative estimate of drug-likeness (QED) is 0.649. The highest BCUT2D eigenvalue weighted by Gasteiger charge is 2.05. The van der Waals surface area contributed by atoms with Crippen molar-refractivity contribution in [2.75, 3.05) is 5.73 Å². The normalized spacial score (nSPS) is 10.6. The first-order valence-electron chi connectivity index (χ1n) is 2.93. The van der Waals surface area contributed by atoms with E-state index in [4.69, 9.17) is 21.8 Å². The van der Waals surface area contributed by atoms with Crippen molar-refractivity contribution in [3.63, 3.8) is 0 Å². The Morgan fingerprint density at radius 3 is 3.00 bits per heavy atom. The summed E-state index contributed by atoms with van der Waals surface area (Å²) in [4.78, 5) is 7.59. The van der Waals surface area contributed by atoms with Crippen molar-refractivity contribution in [3.05, 3.63) is 17.6 Å². The number of furan rings is 1. The predicted molar refractivity (Wildman–Crippen MR) is 41.2 cm³/mol. The zero-order valence-electron chi connectivity index (χ0n) is 5.41. The number of anilines is 1. The highest BCUT2D eigenvalue weighted by molar-refractivity contribution is 6.29. The van der Waals surface area contributed by atoms with Crippen LogP contribution in [0.4, 0.5) is 5.82 Å². The molecule has 0 saturated heterocycles. The van der Waals surface area contributed by atoms with E-state index in [9.17, 15) is 0 Å². The number of nitrogens with zero attached hydrogens (tertiary/aromatic N) is 2. The van der Waals surface area contributed by atoms with Crippen LogP contribution >= 0.6 is 11.6 Å². The van der Waals surface area contributed by atoms with Crippen molar-refractivity contribution in [2.24, 2.45) is 0 Å². The topological polar surface area (TPSA) is 64.9 Å². The molecule has 0 amide bonds. The Hall–Kier alpha value is -1.29. The monoisotopic (exact) mass is 169 g/mol. The summed E-state index contributed by atoms with van der Waals surface area (Å²) in [6.07, 6.45) is 1.33. The lowest BCUT2D eigenvalue weighted by Crippen LogP contribution is -1.89. The van der Waals surface area contributed by atoms with Crippen LogP contribution in [0.5, 0.6) is 0 Å². The molecule has 0 unspecified atom stereocenters. The molecule has 0 atom stereocenters. The molecule has 0 aliphatic rings. The third kappa shape index (κ3) is 0.914. The molecule has 5 heteroatoms. The van der Waals surface area contributed by atoms with E-state index in [-0.39, 0.29) is 5.22 Å². The van der Waals surface area contributed by atoms with E-state index in [0.29, 0.717) is 16.9 Å². The smallest absolute Gasteiger partial charge is 0.233 e. The first-order valence-corrected chi connectivity index (χ1v) is 3.30. The first-order chi connectivity index (χ1) is 5.27. The summed E-state index contributed by atoms with van der Waals surface area (Å²) in [5.41, 5.74) is 5.92. The second-order valence-electron chi connectivity index (χ2n) is 2.03. The Bertz CT molecular complexity index is 398. The fraction of sp³-hybridized carbons (Fsp3) is 0. The maximum Gasteiger partial charge on any atom is 0.233 e. The minimum Gasteiger partial charge on any atom is -0.426 e. The van der Waals surface area contributed by atoms with Gasteiger partial charge in [-0.15, -0.1) is 0 Å². The second-order valence-corrected chi connectivity index (χ2v) is 2.40. The lowest BCUT2D eigenvalue weighted by atomic mass is 10.4. The van der Waals surface area contributed by atoms with Crippen LogP contribution < -0.4 is 5.73 Å². The van der Waals surface area contributed by atoms with Gasteiger partial charge >= 0.3 is 0 Å². The molecular weight excluding hydrogens is 166 g/mol. The van der Waals surface area contributed by atoms with E-state index >= 15 is 0 Å². The molecule has 56 valence electrons. The van der Waals surface area contributed by atoms with Crippen molar-refractivity contribution in [2.45, 2.75) is 0 Å². The van der Waals surface area contributed by atoms with Crippen LogP contribution in [0.15, 0.2) is 16.8 Å². The summed E-state index contributed by atoms with van der Waals surface area (Å²) in [5.74, 6) is 0.380. The van der Waals surface area contributed by atoms with Crippen molar-refractivity contribution >= 4 is 28.5 Å². The van der Waals surface area contributed by atoms with Crippen LogP contribution in [0.3, 0.4) is 0 Å². The fourth-order valence-electron chi connectivity index (χ4n) is 0.844. The van der Waals surface area contributed by atoms with Gasteiger partial charge in [0.25, 0.3) is 0 Å². The SMILES string of the molecule is Nc1ncnc2oc(Cl)cc12. The Labute approximate surface area is 67.0 Å². The van der Waals surface area contributed by atoms with Crippen LogP contribution in [0.25, 0.3) is 11.1 Å². The maximum atomic E-state index is 5.57. The molecule has 0 bridgehead atoms. The minimum atomic E-state index is 0.271. The molecule has 4 nitrogen and oxygen atoms in total. The van der Waals surface area contributed by atoms with Crippen LogP contribution in [0.1, 0.15) is 0 Å². The van der Waals surface area contributed by atoms with E-state index in [1.165, 1.54) is 6.33 Å². The van der Waals surface area contributed by atoms with Gasteiger partial charge in [-0.1, -0.05) is 0 Å². The predicted octanol–water partition coefficient (Wildman–Crippen LogP) is 1.46. The molecule has 2 rings (SSSR count). The number of hydrogen-bond donors (Lipinski definition) is 1. The van der Waals surface area contributed by atoms with Gasteiger partial charge in [0.2, 0.25) is 5.71 Å². The van der Waals surface area contributed by atoms with Gasteiger partial charge in [0, 0.05) is 6.07 Å². The Morgan fingerprint density at radius 1 is 1.45 bits per heavy atom. The molecule has 0 radical (unpaired) electrons. The largest absolute Gasteiger partial charge is 0.426 e. The Balaban J connectivity index is 2.90. The van der Waals surface area contributed by atoms with Crippen LogP contribution in [-0.2, 0) is 0 Å². The summed E-state index contributed by atoms with van der Waals surface area (Å²) < 4.78 is 4.98. The Kier molecular flexibility index (Phi) is 1.22. The minimum absolute atomic E-state index is 0.271. The Morgan fingerprint density at radius 2 is 2.27 bits per heavy atom.